The fourth-order valence-electron chi connectivity index (χ4n) is 3.06. The number of H-pyrrole nitrogens is 1. The Morgan fingerprint density at radius 2 is 2.13 bits per heavy atom. The number of carbonyl (C=O) groups is 1. The number of fused-ring (bicyclic) bond motifs is 1. The third-order valence-corrected chi connectivity index (χ3v) is 6.24. The molecular formula is C20H27N5O4S. The fraction of sp³-hybridized carbons (Fsp3) is 0.350. The Labute approximate surface area is 179 Å². The van der Waals surface area contributed by atoms with Crippen LogP contribution < -0.4 is 16.6 Å². The molecule has 1 aromatic carbocycles. The summed E-state index contributed by atoms with van der Waals surface area (Å²) >= 11 is 1.64. The zero-order chi connectivity index (χ0) is 21.7. The van der Waals surface area contributed by atoms with Crippen LogP contribution in [0.1, 0.15) is 27.0 Å². The molecular weight excluding hydrogens is 406 g/mol. The van der Waals surface area contributed by atoms with Crippen molar-refractivity contribution in [1.82, 2.24) is 19.9 Å². The normalized spacial score (nSPS) is 13.0. The maximum Gasteiger partial charge on any atom is 0.275 e. The summed E-state index contributed by atoms with van der Waals surface area (Å²) in [5.41, 5.74) is 9.48. The number of amides is 1. The van der Waals surface area contributed by atoms with Gasteiger partial charge in [0.2, 0.25) is 5.91 Å². The second kappa shape index (κ2) is 9.57. The lowest BCUT2D eigenvalue weighted by atomic mass is 10.2. The van der Waals surface area contributed by atoms with E-state index in [1.54, 1.807) is 18.1 Å². The predicted molar refractivity (Wildman–Crippen MR) is 122 cm³/mol. The van der Waals surface area contributed by atoms with Crippen molar-refractivity contribution in [2.24, 2.45) is 5.92 Å². The van der Waals surface area contributed by atoms with Gasteiger partial charge in [-0.25, -0.2) is 4.98 Å². The molecule has 30 heavy (non-hydrogen) atoms. The van der Waals surface area contributed by atoms with Gasteiger partial charge >= 0.3 is 0 Å². The van der Waals surface area contributed by atoms with Crippen LogP contribution >= 0.6 is 11.8 Å². The van der Waals surface area contributed by atoms with Crippen molar-refractivity contribution < 1.29 is 7.65 Å². The van der Waals surface area contributed by atoms with E-state index in [0.717, 1.165) is 38.9 Å². The summed E-state index contributed by atoms with van der Waals surface area (Å²) in [7, 11) is 0. The van der Waals surface area contributed by atoms with Crippen LogP contribution in [0.2, 0.25) is 0 Å². The summed E-state index contributed by atoms with van der Waals surface area (Å²) in [5.74, 6) is 1.51. The highest BCUT2D eigenvalue weighted by molar-refractivity contribution is 7.99. The number of aromatic nitrogens is 3. The molecule has 0 unspecified atom stereocenters. The number of aromatic amines is 1. The van der Waals surface area contributed by atoms with E-state index >= 15 is 0 Å². The molecule has 0 atom stereocenters. The van der Waals surface area contributed by atoms with Gasteiger partial charge in [0.15, 0.2) is 0 Å². The molecule has 1 fully saturated rings. The van der Waals surface area contributed by atoms with Gasteiger partial charge in [0.1, 0.15) is 12.2 Å². The number of benzene rings is 1. The largest absolute Gasteiger partial charge is 0.393 e. The molecule has 9 nitrogen and oxygen atoms in total. The minimum Gasteiger partial charge on any atom is -0.393 e. The number of hydrogen-bond acceptors (Lipinski definition) is 7. The molecule has 1 amide bonds. The zero-order valence-electron chi connectivity index (χ0n) is 16.5. The van der Waals surface area contributed by atoms with Crippen LogP contribution in [0.5, 0.6) is 0 Å². The van der Waals surface area contributed by atoms with Crippen LogP contribution in [-0.4, -0.2) is 26.2 Å². The lowest BCUT2D eigenvalue weighted by molar-refractivity contribution is -0.121. The Morgan fingerprint density at radius 1 is 1.37 bits per heavy atom. The molecule has 162 valence electrons. The third kappa shape index (κ3) is 5.07. The van der Waals surface area contributed by atoms with Gasteiger partial charge in [-0.2, -0.15) is 0 Å². The number of hydrogen-bond donors (Lipinski definition) is 3. The van der Waals surface area contributed by atoms with E-state index in [0.29, 0.717) is 6.54 Å². The quantitative estimate of drug-likeness (QED) is 0.487. The first-order valence-electron chi connectivity index (χ1n) is 9.49. The van der Waals surface area contributed by atoms with Gasteiger partial charge in [-0.1, -0.05) is 6.07 Å². The Balaban J connectivity index is 0.00000125. The first-order chi connectivity index (χ1) is 14.5. The Kier molecular flexibility index (Phi) is 6.88. The summed E-state index contributed by atoms with van der Waals surface area (Å²) in [6.45, 7) is 2.17. The summed E-state index contributed by atoms with van der Waals surface area (Å²) in [6, 6.07) is 7.68. The van der Waals surface area contributed by atoms with Crippen molar-refractivity contribution in [2.45, 2.75) is 37.8 Å². The summed E-state index contributed by atoms with van der Waals surface area (Å²) < 4.78 is 1.43. The van der Waals surface area contributed by atoms with Crippen LogP contribution in [0, 0.1) is 22.8 Å². The molecule has 0 bridgehead atoms. The fourth-order valence-corrected chi connectivity index (χ4v) is 4.30. The number of nitrogens with one attached hydrogen (secondary N) is 2. The molecule has 3 aromatic rings. The monoisotopic (exact) mass is 433 g/mol. The number of nitrogens with zero attached hydrogens (tertiary/aromatic N) is 2. The van der Waals surface area contributed by atoms with Crippen LogP contribution in [0.3, 0.4) is 0 Å². The second-order valence-electron chi connectivity index (χ2n) is 7.24. The summed E-state index contributed by atoms with van der Waals surface area (Å²) in [5, 5.41) is 2.86. The Bertz CT molecular complexity index is 1120. The van der Waals surface area contributed by atoms with Crippen LogP contribution in [0.4, 0.5) is 5.69 Å². The minimum atomic E-state index is -0.299. The minimum absolute atomic E-state index is 0. The number of aryl methyl sites for hydroxylation is 1. The standard InChI is InChI=1S/C20H23N5O2S.O2.2H2/c1-12-6-17(28-10-13-2-3-13)19(21)20(27)25(12)9-18(26)22-8-14-4-5-15-16(7-14)24-11-23-15;1-2;;/h4-7,11,13H,2-3,8-10,21H2,1H3,(H,22,26)(H,23,24);;2*1H. The highest BCUT2D eigenvalue weighted by Gasteiger charge is 2.22. The van der Waals surface area contributed by atoms with Crippen molar-refractivity contribution in [3.05, 3.63) is 62.1 Å². The number of anilines is 1. The highest BCUT2D eigenvalue weighted by Crippen LogP contribution is 2.36. The van der Waals surface area contributed by atoms with Crippen molar-refractivity contribution in [1.29, 1.82) is 0 Å². The molecule has 1 saturated carbocycles. The Hall–Kier alpha value is -3.14. The zero-order valence-corrected chi connectivity index (χ0v) is 17.3. The molecule has 0 spiro atoms. The molecule has 2 heterocycles. The second-order valence-corrected chi connectivity index (χ2v) is 8.30. The van der Waals surface area contributed by atoms with Gasteiger partial charge in [0.05, 0.1) is 17.4 Å². The molecule has 10 heteroatoms. The van der Waals surface area contributed by atoms with E-state index in [-0.39, 0.29) is 26.6 Å². The number of carbonyl (C=O) groups excluding carboxylic acids is 1. The van der Waals surface area contributed by atoms with E-state index in [9.17, 15) is 9.59 Å². The molecule has 1 aliphatic rings. The van der Waals surface area contributed by atoms with Gasteiger partial charge in [-0.15, -0.1) is 11.8 Å². The van der Waals surface area contributed by atoms with E-state index in [4.69, 9.17) is 15.7 Å². The van der Waals surface area contributed by atoms with Crippen molar-refractivity contribution in [3.8, 4) is 0 Å². The number of nitrogens with two attached hydrogens (primary N) is 1. The predicted octanol–water partition coefficient (Wildman–Crippen LogP) is 2.99. The lowest BCUT2D eigenvalue weighted by Gasteiger charge is -2.14. The molecule has 0 aliphatic heterocycles. The average molecular weight is 434 g/mol. The molecule has 1 aliphatic carbocycles. The lowest BCUT2D eigenvalue weighted by Crippen LogP contribution is -2.34. The molecule has 4 N–H and O–H groups in total. The van der Waals surface area contributed by atoms with E-state index in [2.05, 4.69) is 15.3 Å². The molecule has 2 aromatic heterocycles. The van der Waals surface area contributed by atoms with Crippen molar-refractivity contribution >= 4 is 34.4 Å². The number of imidazole rings is 1. The average Bonchev–Trinajstić information content (AvgIpc) is 3.47. The SMILES string of the molecule is Cc1cc(SCC2CC2)c(N)c(=O)n1CC(=O)NCc1ccc2nc[nH]c2c1.O=O.[HH].[HH]. The van der Waals surface area contributed by atoms with Gasteiger partial charge in [-0.05, 0) is 49.4 Å². The Morgan fingerprint density at radius 3 is 2.87 bits per heavy atom. The summed E-state index contributed by atoms with van der Waals surface area (Å²) in [4.78, 5) is 47.1. The number of rotatable bonds is 7. The van der Waals surface area contributed by atoms with Crippen LogP contribution in [-0.2, 0) is 17.9 Å². The van der Waals surface area contributed by atoms with Gasteiger partial charge < -0.3 is 20.6 Å². The topological polar surface area (TPSA) is 140 Å². The van der Waals surface area contributed by atoms with Crippen molar-refractivity contribution in [2.75, 3.05) is 11.5 Å². The van der Waals surface area contributed by atoms with Crippen LogP contribution in [0.25, 0.3) is 11.0 Å². The molecule has 4 rings (SSSR count). The van der Waals surface area contributed by atoms with Crippen molar-refractivity contribution in [3.63, 3.8) is 0 Å². The first kappa shape index (κ1) is 21.6. The van der Waals surface area contributed by atoms with Gasteiger partial charge in [0.25, 0.3) is 5.56 Å². The smallest absolute Gasteiger partial charge is 0.275 e. The molecule has 0 saturated heterocycles. The first-order valence-corrected chi connectivity index (χ1v) is 10.5. The highest BCUT2D eigenvalue weighted by atomic mass is 32.2. The van der Waals surface area contributed by atoms with Gasteiger partial charge in [-0.3, -0.25) is 9.59 Å². The maximum absolute atomic E-state index is 12.6. The van der Waals surface area contributed by atoms with E-state index in [1.165, 1.54) is 17.4 Å². The van der Waals surface area contributed by atoms with Gasteiger partial charge in [0, 0.05) is 35.7 Å². The number of thioether (sulfide) groups is 1. The van der Waals surface area contributed by atoms with E-state index < -0.39 is 0 Å². The van der Waals surface area contributed by atoms with Crippen LogP contribution in [0.15, 0.2) is 40.3 Å². The third-order valence-electron chi connectivity index (χ3n) is 4.95. The number of nitrogen functional groups attached to an aromatic ring is 1. The maximum atomic E-state index is 12.6. The van der Waals surface area contributed by atoms with E-state index in [1.807, 2.05) is 31.2 Å². The number of pyridine rings is 1. The summed E-state index contributed by atoms with van der Waals surface area (Å²) in [6.07, 6.45) is 4.16. The molecule has 0 radical (unpaired) electrons.